The van der Waals surface area contributed by atoms with Gasteiger partial charge in [0.25, 0.3) is 0 Å². The molecule has 1 rings (SSSR count). The number of ether oxygens (including phenoxy) is 1. The van der Waals surface area contributed by atoms with E-state index in [1.807, 2.05) is 0 Å². The summed E-state index contributed by atoms with van der Waals surface area (Å²) >= 11 is 0. The van der Waals surface area contributed by atoms with Crippen molar-refractivity contribution in [3.63, 3.8) is 0 Å². The van der Waals surface area contributed by atoms with Crippen LogP contribution in [0.3, 0.4) is 0 Å². The predicted octanol–water partition coefficient (Wildman–Crippen LogP) is 1.63. The number of nitrogens with zero attached hydrogens (tertiary/aromatic N) is 1. The maximum atomic E-state index is 5.57. The van der Waals surface area contributed by atoms with Crippen LogP contribution < -0.4 is 0 Å². The standard InChI is InChI=1S/C9H17NO/c1-8-9(2)11-7-5-4-6-10(8)3/h4,6,8-9H,5,7H2,1-3H3/b6-4-. The summed E-state index contributed by atoms with van der Waals surface area (Å²) in [7, 11) is 2.09. The molecule has 0 saturated carbocycles. The van der Waals surface area contributed by atoms with Gasteiger partial charge in [-0.3, -0.25) is 0 Å². The summed E-state index contributed by atoms with van der Waals surface area (Å²) in [5.41, 5.74) is 0. The van der Waals surface area contributed by atoms with Crippen LogP contribution in [0.2, 0.25) is 0 Å². The SMILES string of the molecule is CC1OCC/C=C\N(C)C1C. The zero-order valence-corrected chi connectivity index (χ0v) is 7.58. The zero-order chi connectivity index (χ0) is 8.27. The fourth-order valence-electron chi connectivity index (χ4n) is 1.17. The van der Waals surface area contributed by atoms with E-state index in [0.29, 0.717) is 12.1 Å². The summed E-state index contributed by atoms with van der Waals surface area (Å²) in [6.07, 6.45) is 5.66. The van der Waals surface area contributed by atoms with Crippen LogP contribution in [0.15, 0.2) is 12.3 Å². The Morgan fingerprint density at radius 1 is 1.45 bits per heavy atom. The van der Waals surface area contributed by atoms with Crippen molar-refractivity contribution in [1.29, 1.82) is 0 Å². The van der Waals surface area contributed by atoms with Gasteiger partial charge in [-0.2, -0.15) is 0 Å². The highest BCUT2D eigenvalue weighted by molar-refractivity contribution is 4.87. The Kier molecular flexibility index (Phi) is 2.94. The number of rotatable bonds is 0. The van der Waals surface area contributed by atoms with Crippen LogP contribution in [0.1, 0.15) is 20.3 Å². The lowest BCUT2D eigenvalue weighted by molar-refractivity contribution is 0.0194. The van der Waals surface area contributed by atoms with E-state index in [2.05, 4.69) is 38.1 Å². The summed E-state index contributed by atoms with van der Waals surface area (Å²) in [6, 6.07) is 0.478. The maximum Gasteiger partial charge on any atom is 0.0747 e. The summed E-state index contributed by atoms with van der Waals surface area (Å²) in [4.78, 5) is 2.20. The van der Waals surface area contributed by atoms with Crippen molar-refractivity contribution in [2.75, 3.05) is 13.7 Å². The zero-order valence-electron chi connectivity index (χ0n) is 7.58. The van der Waals surface area contributed by atoms with Crippen LogP contribution in [0.5, 0.6) is 0 Å². The molecule has 0 aromatic rings. The van der Waals surface area contributed by atoms with Crippen LogP contribution >= 0.6 is 0 Å². The van der Waals surface area contributed by atoms with Crippen molar-refractivity contribution >= 4 is 0 Å². The minimum Gasteiger partial charge on any atom is -0.376 e. The summed E-state index contributed by atoms with van der Waals surface area (Å²) in [5, 5.41) is 0. The second-order valence-electron chi connectivity index (χ2n) is 3.16. The Morgan fingerprint density at radius 3 is 2.91 bits per heavy atom. The van der Waals surface area contributed by atoms with E-state index in [-0.39, 0.29) is 0 Å². The molecule has 0 spiro atoms. The quantitative estimate of drug-likeness (QED) is 0.527. The van der Waals surface area contributed by atoms with Gasteiger partial charge in [0.1, 0.15) is 0 Å². The van der Waals surface area contributed by atoms with Crippen molar-refractivity contribution in [3.05, 3.63) is 12.3 Å². The topological polar surface area (TPSA) is 12.5 Å². The highest BCUT2D eigenvalue weighted by atomic mass is 16.5. The van der Waals surface area contributed by atoms with Crippen molar-refractivity contribution < 1.29 is 4.74 Å². The second-order valence-corrected chi connectivity index (χ2v) is 3.16. The second kappa shape index (κ2) is 3.77. The molecule has 64 valence electrons. The molecule has 0 N–H and O–H groups in total. The van der Waals surface area contributed by atoms with E-state index in [4.69, 9.17) is 4.74 Å². The van der Waals surface area contributed by atoms with Crippen LogP contribution in [-0.2, 0) is 4.74 Å². The lowest BCUT2D eigenvalue weighted by atomic mass is 10.2. The van der Waals surface area contributed by atoms with E-state index in [1.165, 1.54) is 0 Å². The van der Waals surface area contributed by atoms with E-state index in [1.54, 1.807) is 0 Å². The molecule has 11 heavy (non-hydrogen) atoms. The van der Waals surface area contributed by atoms with Gasteiger partial charge < -0.3 is 9.64 Å². The summed E-state index contributed by atoms with van der Waals surface area (Å²) in [5.74, 6) is 0. The largest absolute Gasteiger partial charge is 0.376 e. The molecule has 0 radical (unpaired) electrons. The minimum atomic E-state index is 0.338. The fraction of sp³-hybridized carbons (Fsp3) is 0.778. The molecule has 2 atom stereocenters. The first-order valence-electron chi connectivity index (χ1n) is 4.22. The third-order valence-corrected chi connectivity index (χ3v) is 2.33. The van der Waals surface area contributed by atoms with Crippen LogP contribution in [-0.4, -0.2) is 30.7 Å². The Bertz CT molecular complexity index is 144. The molecule has 2 nitrogen and oxygen atoms in total. The molecular formula is C9H17NO. The van der Waals surface area contributed by atoms with Crippen LogP contribution in [0.25, 0.3) is 0 Å². The van der Waals surface area contributed by atoms with Crippen molar-refractivity contribution in [3.8, 4) is 0 Å². The Labute approximate surface area is 68.8 Å². The van der Waals surface area contributed by atoms with Gasteiger partial charge in [-0.25, -0.2) is 0 Å². The third-order valence-electron chi connectivity index (χ3n) is 2.33. The highest BCUT2D eigenvalue weighted by Crippen LogP contribution is 2.09. The molecule has 1 aliphatic rings. The summed E-state index contributed by atoms with van der Waals surface area (Å²) < 4.78 is 5.57. The molecule has 2 unspecified atom stereocenters. The number of likely N-dealkylation sites (N-methyl/N-ethyl adjacent to an activating group) is 1. The molecule has 0 aromatic heterocycles. The highest BCUT2D eigenvalue weighted by Gasteiger charge is 2.15. The first-order chi connectivity index (χ1) is 5.22. The maximum absolute atomic E-state index is 5.57. The molecule has 0 aromatic carbocycles. The van der Waals surface area contributed by atoms with E-state index < -0.39 is 0 Å². The molecule has 1 heterocycles. The summed E-state index contributed by atoms with van der Waals surface area (Å²) in [6.45, 7) is 5.16. The Morgan fingerprint density at radius 2 is 2.18 bits per heavy atom. The molecule has 2 heteroatoms. The monoisotopic (exact) mass is 155 g/mol. The van der Waals surface area contributed by atoms with Gasteiger partial charge in [0.2, 0.25) is 0 Å². The lowest BCUT2D eigenvalue weighted by Gasteiger charge is -2.30. The van der Waals surface area contributed by atoms with Crippen molar-refractivity contribution in [2.24, 2.45) is 0 Å². The first kappa shape index (κ1) is 8.60. The average molecular weight is 155 g/mol. The van der Waals surface area contributed by atoms with Gasteiger partial charge >= 0.3 is 0 Å². The average Bonchev–Trinajstić information content (AvgIpc) is 2.00. The smallest absolute Gasteiger partial charge is 0.0747 e. The Hall–Kier alpha value is -0.500. The third kappa shape index (κ3) is 2.22. The first-order valence-corrected chi connectivity index (χ1v) is 4.22. The molecule has 0 aliphatic carbocycles. The van der Waals surface area contributed by atoms with Crippen molar-refractivity contribution in [2.45, 2.75) is 32.4 Å². The molecular weight excluding hydrogens is 138 g/mol. The van der Waals surface area contributed by atoms with Gasteiger partial charge in [0.15, 0.2) is 0 Å². The Balaban J connectivity index is 2.57. The van der Waals surface area contributed by atoms with Gasteiger partial charge in [0, 0.05) is 7.05 Å². The van der Waals surface area contributed by atoms with E-state index in [9.17, 15) is 0 Å². The number of hydrogen-bond donors (Lipinski definition) is 0. The van der Waals surface area contributed by atoms with Gasteiger partial charge in [0.05, 0.1) is 18.8 Å². The van der Waals surface area contributed by atoms with Crippen LogP contribution in [0.4, 0.5) is 0 Å². The van der Waals surface area contributed by atoms with Crippen molar-refractivity contribution in [1.82, 2.24) is 4.90 Å². The van der Waals surface area contributed by atoms with E-state index in [0.717, 1.165) is 13.0 Å². The molecule has 0 bridgehead atoms. The normalized spacial score (nSPS) is 36.1. The van der Waals surface area contributed by atoms with Gasteiger partial charge in [-0.05, 0) is 26.5 Å². The van der Waals surface area contributed by atoms with Gasteiger partial charge in [-0.15, -0.1) is 0 Å². The van der Waals surface area contributed by atoms with E-state index >= 15 is 0 Å². The lowest BCUT2D eigenvalue weighted by Crippen LogP contribution is -2.36. The molecule has 1 aliphatic heterocycles. The fourth-order valence-corrected chi connectivity index (χ4v) is 1.17. The molecule has 0 amide bonds. The minimum absolute atomic E-state index is 0.338. The molecule has 0 saturated heterocycles. The number of hydrogen-bond acceptors (Lipinski definition) is 2. The van der Waals surface area contributed by atoms with Crippen LogP contribution in [0, 0.1) is 0 Å². The van der Waals surface area contributed by atoms with Gasteiger partial charge in [-0.1, -0.05) is 6.08 Å². The predicted molar refractivity (Wildman–Crippen MR) is 46.4 cm³/mol. The molecule has 0 fully saturated rings.